The second kappa shape index (κ2) is 4.29. The molecule has 0 saturated heterocycles. The molecule has 0 saturated carbocycles. The number of anilines is 3. The molecule has 2 aromatic heterocycles. The molecule has 0 radical (unpaired) electrons. The van der Waals surface area contributed by atoms with Crippen LogP contribution in [0.25, 0.3) is 10.9 Å². The van der Waals surface area contributed by atoms with Crippen molar-refractivity contribution < 1.29 is 0 Å². The molecule has 5 nitrogen and oxygen atoms in total. The molecule has 18 heavy (non-hydrogen) atoms. The molecular formula is C13H11N5. The number of nitrogens with two attached hydrogens (primary N) is 1. The summed E-state index contributed by atoms with van der Waals surface area (Å²) < 4.78 is 0. The Labute approximate surface area is 104 Å². The smallest absolute Gasteiger partial charge is 0.149 e. The molecule has 0 spiro atoms. The number of benzene rings is 1. The zero-order valence-electron chi connectivity index (χ0n) is 9.54. The molecule has 0 fully saturated rings. The summed E-state index contributed by atoms with van der Waals surface area (Å²) in [6, 6.07) is 9.80. The Balaban J connectivity index is 2.02. The summed E-state index contributed by atoms with van der Waals surface area (Å²) in [5.41, 5.74) is 7.38. The molecule has 0 aliphatic heterocycles. The van der Waals surface area contributed by atoms with E-state index in [1.807, 2.05) is 30.3 Å². The molecule has 3 N–H and O–H groups in total. The van der Waals surface area contributed by atoms with Crippen molar-refractivity contribution in [2.75, 3.05) is 11.1 Å². The predicted octanol–water partition coefficient (Wildman–Crippen LogP) is 2.35. The quantitative estimate of drug-likeness (QED) is 0.715. The first-order valence-electron chi connectivity index (χ1n) is 5.51. The van der Waals surface area contributed by atoms with Gasteiger partial charge in [-0.25, -0.2) is 9.97 Å². The van der Waals surface area contributed by atoms with Crippen LogP contribution in [0.4, 0.5) is 17.3 Å². The van der Waals surface area contributed by atoms with Gasteiger partial charge in [-0.05, 0) is 24.3 Å². The Morgan fingerprint density at radius 3 is 2.72 bits per heavy atom. The highest BCUT2D eigenvalue weighted by atomic mass is 15.0. The number of nitrogen functional groups attached to an aromatic ring is 1. The first-order valence-corrected chi connectivity index (χ1v) is 5.51. The highest BCUT2D eigenvalue weighted by molar-refractivity contribution is 5.92. The minimum absolute atomic E-state index is 0.403. The van der Waals surface area contributed by atoms with Crippen molar-refractivity contribution in [2.45, 2.75) is 0 Å². The number of pyridine rings is 1. The minimum Gasteiger partial charge on any atom is -0.382 e. The number of hydrogen-bond donors (Lipinski definition) is 2. The number of nitrogens with zero attached hydrogens (tertiary/aromatic N) is 3. The number of nitrogens with one attached hydrogen (secondary N) is 1. The fourth-order valence-corrected chi connectivity index (χ4v) is 1.75. The van der Waals surface area contributed by atoms with Crippen LogP contribution in [0.2, 0.25) is 0 Å². The van der Waals surface area contributed by atoms with Gasteiger partial charge in [-0.15, -0.1) is 0 Å². The normalized spacial score (nSPS) is 10.4. The lowest BCUT2D eigenvalue weighted by atomic mass is 10.2. The van der Waals surface area contributed by atoms with Gasteiger partial charge in [0.25, 0.3) is 0 Å². The Bertz CT molecular complexity index is 673. The molecule has 3 aromatic rings. The third-order valence-electron chi connectivity index (χ3n) is 2.58. The Kier molecular flexibility index (Phi) is 2.49. The molecule has 1 aromatic carbocycles. The Morgan fingerprint density at radius 2 is 1.89 bits per heavy atom. The lowest BCUT2D eigenvalue weighted by Gasteiger charge is -2.08. The van der Waals surface area contributed by atoms with E-state index in [9.17, 15) is 0 Å². The van der Waals surface area contributed by atoms with E-state index in [4.69, 9.17) is 5.73 Å². The van der Waals surface area contributed by atoms with Crippen molar-refractivity contribution >= 4 is 28.2 Å². The van der Waals surface area contributed by atoms with Crippen molar-refractivity contribution in [3.8, 4) is 0 Å². The maximum atomic E-state index is 5.50. The number of aromatic nitrogens is 3. The van der Waals surface area contributed by atoms with Crippen LogP contribution in [0.15, 0.2) is 48.9 Å². The monoisotopic (exact) mass is 237 g/mol. The summed E-state index contributed by atoms with van der Waals surface area (Å²) in [6.45, 7) is 0. The van der Waals surface area contributed by atoms with Crippen molar-refractivity contribution in [3.63, 3.8) is 0 Å². The number of rotatable bonds is 2. The molecule has 2 heterocycles. The zero-order chi connectivity index (χ0) is 12.4. The number of hydrogen-bond acceptors (Lipinski definition) is 5. The van der Waals surface area contributed by atoms with Crippen LogP contribution in [-0.2, 0) is 0 Å². The van der Waals surface area contributed by atoms with Crippen LogP contribution in [0.1, 0.15) is 0 Å². The van der Waals surface area contributed by atoms with Crippen LogP contribution in [0.5, 0.6) is 0 Å². The van der Waals surface area contributed by atoms with Crippen molar-refractivity contribution in [2.24, 2.45) is 0 Å². The van der Waals surface area contributed by atoms with E-state index in [0.29, 0.717) is 11.6 Å². The van der Waals surface area contributed by atoms with E-state index < -0.39 is 0 Å². The summed E-state index contributed by atoms with van der Waals surface area (Å²) in [5.74, 6) is 1.06. The van der Waals surface area contributed by atoms with Gasteiger partial charge in [0.1, 0.15) is 11.6 Å². The van der Waals surface area contributed by atoms with E-state index >= 15 is 0 Å². The fourth-order valence-electron chi connectivity index (χ4n) is 1.75. The molecule has 0 amide bonds. The SMILES string of the molecule is Nc1cnc(Nc2cccc3ncccc23)cn1. The molecule has 5 heteroatoms. The van der Waals surface area contributed by atoms with Gasteiger partial charge < -0.3 is 11.1 Å². The van der Waals surface area contributed by atoms with Crippen LogP contribution in [0, 0.1) is 0 Å². The predicted molar refractivity (Wildman–Crippen MR) is 71.5 cm³/mol. The summed E-state index contributed by atoms with van der Waals surface area (Å²) in [4.78, 5) is 12.5. The van der Waals surface area contributed by atoms with Gasteiger partial charge in [-0.2, -0.15) is 0 Å². The highest BCUT2D eigenvalue weighted by Crippen LogP contribution is 2.23. The van der Waals surface area contributed by atoms with Crippen LogP contribution in [0.3, 0.4) is 0 Å². The van der Waals surface area contributed by atoms with E-state index in [2.05, 4.69) is 20.3 Å². The first-order chi connectivity index (χ1) is 8.83. The van der Waals surface area contributed by atoms with E-state index in [-0.39, 0.29) is 0 Å². The summed E-state index contributed by atoms with van der Waals surface area (Å²) >= 11 is 0. The minimum atomic E-state index is 0.403. The molecule has 0 unspecified atom stereocenters. The van der Waals surface area contributed by atoms with E-state index in [0.717, 1.165) is 16.6 Å². The standard InChI is InChI=1S/C13H11N5/c14-12-7-17-13(8-16-12)18-11-5-1-4-10-9(11)3-2-6-15-10/h1-8H,(H2,14,16)(H,17,18). The lowest BCUT2D eigenvalue weighted by Crippen LogP contribution is -1.97. The average molecular weight is 237 g/mol. The average Bonchev–Trinajstić information content (AvgIpc) is 2.42. The third-order valence-corrected chi connectivity index (χ3v) is 2.58. The molecule has 0 aliphatic carbocycles. The summed E-state index contributed by atoms with van der Waals surface area (Å²) in [6.07, 6.45) is 4.89. The van der Waals surface area contributed by atoms with E-state index in [1.54, 1.807) is 12.4 Å². The van der Waals surface area contributed by atoms with Gasteiger partial charge in [-0.1, -0.05) is 6.07 Å². The Morgan fingerprint density at radius 1 is 0.944 bits per heavy atom. The molecule has 0 bridgehead atoms. The largest absolute Gasteiger partial charge is 0.382 e. The summed E-state index contributed by atoms with van der Waals surface area (Å²) in [5, 5.41) is 4.25. The maximum Gasteiger partial charge on any atom is 0.149 e. The van der Waals surface area contributed by atoms with Gasteiger partial charge in [-0.3, -0.25) is 4.98 Å². The molecule has 0 atom stereocenters. The van der Waals surface area contributed by atoms with Crippen molar-refractivity contribution in [3.05, 3.63) is 48.9 Å². The van der Waals surface area contributed by atoms with Crippen molar-refractivity contribution in [1.29, 1.82) is 0 Å². The second-order valence-electron chi connectivity index (χ2n) is 3.83. The Hall–Kier alpha value is -2.69. The maximum absolute atomic E-state index is 5.50. The molecular weight excluding hydrogens is 226 g/mol. The number of fused-ring (bicyclic) bond motifs is 1. The van der Waals surface area contributed by atoms with Gasteiger partial charge >= 0.3 is 0 Å². The van der Waals surface area contributed by atoms with Crippen molar-refractivity contribution in [1.82, 2.24) is 15.0 Å². The van der Waals surface area contributed by atoms with E-state index in [1.165, 1.54) is 6.20 Å². The zero-order valence-corrected chi connectivity index (χ0v) is 9.54. The van der Waals surface area contributed by atoms with Crippen LogP contribution < -0.4 is 11.1 Å². The lowest BCUT2D eigenvalue weighted by molar-refractivity contribution is 1.21. The highest BCUT2D eigenvalue weighted by Gasteiger charge is 2.02. The third kappa shape index (κ3) is 1.93. The summed E-state index contributed by atoms with van der Waals surface area (Å²) in [7, 11) is 0. The molecule has 3 rings (SSSR count). The van der Waals surface area contributed by atoms with Gasteiger partial charge in [0.05, 0.1) is 17.9 Å². The van der Waals surface area contributed by atoms with Crippen LogP contribution >= 0.6 is 0 Å². The molecule has 0 aliphatic rings. The van der Waals surface area contributed by atoms with Gasteiger partial charge in [0.2, 0.25) is 0 Å². The topological polar surface area (TPSA) is 76.7 Å². The first kappa shape index (κ1) is 10.5. The second-order valence-corrected chi connectivity index (χ2v) is 3.83. The van der Waals surface area contributed by atoms with Gasteiger partial charge in [0, 0.05) is 17.3 Å². The van der Waals surface area contributed by atoms with Crippen LogP contribution in [-0.4, -0.2) is 15.0 Å². The fraction of sp³-hybridized carbons (Fsp3) is 0. The molecule has 88 valence electrons. The van der Waals surface area contributed by atoms with Gasteiger partial charge in [0.15, 0.2) is 0 Å².